The first-order valence-electron chi connectivity index (χ1n) is 7.35. The van der Waals surface area contributed by atoms with E-state index in [4.69, 9.17) is 4.74 Å². The number of benzene rings is 1. The van der Waals surface area contributed by atoms with Crippen LogP contribution in [0.5, 0.6) is 0 Å². The van der Waals surface area contributed by atoms with Crippen LogP contribution in [0.1, 0.15) is 24.4 Å². The number of methoxy groups -OCH3 is 1. The van der Waals surface area contributed by atoms with Crippen LogP contribution < -0.4 is 4.72 Å². The molecule has 1 aromatic rings. The number of rotatable bonds is 5. The van der Waals surface area contributed by atoms with Crippen molar-refractivity contribution in [2.75, 3.05) is 26.5 Å². The third-order valence-corrected chi connectivity index (χ3v) is 4.57. The van der Waals surface area contributed by atoms with E-state index in [1.54, 1.807) is 12.1 Å². The summed E-state index contributed by atoms with van der Waals surface area (Å²) in [5, 5.41) is 0. The van der Waals surface area contributed by atoms with E-state index in [9.17, 15) is 17.6 Å². The highest BCUT2D eigenvalue weighted by Crippen LogP contribution is 2.26. The summed E-state index contributed by atoms with van der Waals surface area (Å²) in [7, 11) is -2.01. The van der Waals surface area contributed by atoms with Crippen LogP contribution in [0.3, 0.4) is 0 Å². The topological polar surface area (TPSA) is 75.7 Å². The molecule has 1 aliphatic heterocycles. The summed E-state index contributed by atoms with van der Waals surface area (Å²) >= 11 is 0. The minimum atomic E-state index is -3.31. The molecule has 1 aromatic carbocycles. The molecule has 0 unspecified atom stereocenters. The van der Waals surface area contributed by atoms with Crippen LogP contribution in [0.25, 0.3) is 0 Å². The zero-order chi connectivity index (χ0) is 17.0. The molecule has 23 heavy (non-hydrogen) atoms. The molecule has 0 bridgehead atoms. The predicted octanol–water partition coefficient (Wildman–Crippen LogP) is 1.05. The van der Waals surface area contributed by atoms with Crippen molar-refractivity contribution in [3.63, 3.8) is 0 Å². The number of piperidine rings is 1. The summed E-state index contributed by atoms with van der Waals surface area (Å²) in [6.07, 6.45) is 2.58. The summed E-state index contributed by atoms with van der Waals surface area (Å²) in [5.41, 5.74) is 0.623. The summed E-state index contributed by atoms with van der Waals surface area (Å²) < 4.78 is 43.4. The van der Waals surface area contributed by atoms with Crippen LogP contribution in [0, 0.1) is 5.82 Å². The Morgan fingerprint density at radius 1 is 1.39 bits per heavy atom. The van der Waals surface area contributed by atoms with Crippen molar-refractivity contribution in [2.45, 2.75) is 24.9 Å². The molecule has 1 heterocycles. The molecule has 0 spiro atoms. The first-order valence-corrected chi connectivity index (χ1v) is 9.24. The predicted molar refractivity (Wildman–Crippen MR) is 83.7 cm³/mol. The Morgan fingerprint density at radius 2 is 2.04 bits per heavy atom. The summed E-state index contributed by atoms with van der Waals surface area (Å²) in [6.45, 7) is 1.03. The van der Waals surface area contributed by atoms with E-state index >= 15 is 0 Å². The lowest BCUT2D eigenvalue weighted by Crippen LogP contribution is -2.49. The van der Waals surface area contributed by atoms with E-state index < -0.39 is 22.0 Å². The van der Waals surface area contributed by atoms with Crippen LogP contribution >= 0.6 is 0 Å². The second kappa shape index (κ2) is 7.37. The van der Waals surface area contributed by atoms with E-state index in [-0.39, 0.29) is 11.9 Å². The maximum Gasteiger partial charge on any atom is 0.327 e. The van der Waals surface area contributed by atoms with E-state index in [0.717, 1.165) is 12.7 Å². The zero-order valence-corrected chi connectivity index (χ0v) is 14.0. The van der Waals surface area contributed by atoms with Gasteiger partial charge in [-0.1, -0.05) is 12.1 Å². The van der Waals surface area contributed by atoms with Gasteiger partial charge in [0.15, 0.2) is 0 Å². The number of nitrogens with zero attached hydrogens (tertiary/aromatic N) is 1. The molecule has 128 valence electrons. The highest BCUT2D eigenvalue weighted by molar-refractivity contribution is 7.88. The highest BCUT2D eigenvalue weighted by atomic mass is 32.2. The molecule has 8 heteroatoms. The van der Waals surface area contributed by atoms with Crippen LogP contribution in [0.2, 0.25) is 0 Å². The number of carbonyl (C=O) groups is 1. The summed E-state index contributed by atoms with van der Waals surface area (Å²) in [6, 6.07) is 4.74. The lowest BCUT2D eigenvalue weighted by molar-refractivity contribution is -0.147. The Hall–Kier alpha value is -1.51. The first-order chi connectivity index (χ1) is 10.8. The summed E-state index contributed by atoms with van der Waals surface area (Å²) in [5.74, 6) is -0.829. The molecule has 1 aliphatic rings. The van der Waals surface area contributed by atoms with Crippen molar-refractivity contribution in [1.82, 2.24) is 9.62 Å². The molecule has 1 saturated heterocycles. The number of hydrogen-bond donors (Lipinski definition) is 1. The second-order valence-corrected chi connectivity index (χ2v) is 7.48. The largest absolute Gasteiger partial charge is 0.468 e. The molecule has 0 aromatic heterocycles. The molecule has 2 atom stereocenters. The average Bonchev–Trinajstić information content (AvgIpc) is 2.48. The normalized spacial score (nSPS) is 20.9. The monoisotopic (exact) mass is 344 g/mol. The molecule has 2 rings (SSSR count). The number of sulfonamides is 1. The number of ether oxygens (including phenoxy) is 1. The Kier molecular flexibility index (Phi) is 5.72. The van der Waals surface area contributed by atoms with Crippen molar-refractivity contribution >= 4 is 16.0 Å². The number of nitrogens with one attached hydrogen (secondary N) is 1. The van der Waals surface area contributed by atoms with Gasteiger partial charge in [0.05, 0.1) is 13.4 Å². The van der Waals surface area contributed by atoms with Crippen molar-refractivity contribution < 1.29 is 22.3 Å². The molecule has 0 amide bonds. The average molecular weight is 344 g/mol. The minimum Gasteiger partial charge on any atom is -0.468 e. The second-order valence-electron chi connectivity index (χ2n) is 5.70. The maximum atomic E-state index is 13.1. The van der Waals surface area contributed by atoms with Gasteiger partial charge in [0, 0.05) is 12.6 Å². The minimum absolute atomic E-state index is 0.258. The van der Waals surface area contributed by atoms with Crippen molar-refractivity contribution in [3.05, 3.63) is 35.6 Å². The van der Waals surface area contributed by atoms with Gasteiger partial charge in [-0.15, -0.1) is 0 Å². The molecule has 1 N–H and O–H groups in total. The molecular weight excluding hydrogens is 323 g/mol. The van der Waals surface area contributed by atoms with Gasteiger partial charge >= 0.3 is 5.97 Å². The van der Waals surface area contributed by atoms with Crippen LogP contribution in [0.4, 0.5) is 4.39 Å². The fraction of sp³-hybridized carbons (Fsp3) is 0.533. The van der Waals surface area contributed by atoms with Crippen molar-refractivity contribution in [3.8, 4) is 0 Å². The molecule has 0 radical (unpaired) electrons. The summed E-state index contributed by atoms with van der Waals surface area (Å²) in [4.78, 5) is 14.1. The number of esters is 1. The number of likely N-dealkylation sites (tertiary alicyclic amines) is 1. The van der Waals surface area contributed by atoms with Gasteiger partial charge in [-0.2, -0.15) is 0 Å². The fourth-order valence-corrected chi connectivity index (χ4v) is 3.69. The van der Waals surface area contributed by atoms with Gasteiger partial charge in [-0.05, 0) is 37.1 Å². The van der Waals surface area contributed by atoms with Crippen LogP contribution in [-0.4, -0.2) is 51.8 Å². The Labute approximate surface area is 135 Å². The van der Waals surface area contributed by atoms with Crippen LogP contribution in [0.15, 0.2) is 24.3 Å². The smallest absolute Gasteiger partial charge is 0.327 e. The third-order valence-electron chi connectivity index (χ3n) is 3.81. The number of carbonyl (C=O) groups excluding carboxylic acids is 1. The molecular formula is C15H21FN2O4S. The molecule has 6 nitrogen and oxygen atoms in total. The van der Waals surface area contributed by atoms with Gasteiger partial charge in [0.1, 0.15) is 11.9 Å². The Bertz CT molecular complexity index is 648. The van der Waals surface area contributed by atoms with Crippen molar-refractivity contribution in [1.29, 1.82) is 0 Å². The quantitative estimate of drug-likeness (QED) is 0.808. The highest BCUT2D eigenvalue weighted by Gasteiger charge is 2.33. The standard InChI is InChI=1S/C15H21FN2O4S/c1-22-15(19)14(11-5-7-12(16)8-6-11)18-9-3-4-13(10-18)17-23(2,20)21/h5-8,13-14,17H,3-4,9-10H2,1-2H3/t13-,14+/m0/s1. The molecule has 1 fully saturated rings. The Morgan fingerprint density at radius 3 is 2.61 bits per heavy atom. The first kappa shape index (κ1) is 17.8. The lowest BCUT2D eigenvalue weighted by Gasteiger charge is -2.37. The molecule has 0 aliphatic carbocycles. The van der Waals surface area contributed by atoms with Gasteiger partial charge in [0.25, 0.3) is 0 Å². The third kappa shape index (κ3) is 4.98. The number of hydrogen-bond acceptors (Lipinski definition) is 5. The van der Waals surface area contributed by atoms with Crippen LogP contribution in [-0.2, 0) is 19.6 Å². The lowest BCUT2D eigenvalue weighted by atomic mass is 10.00. The van der Waals surface area contributed by atoms with Gasteiger partial charge in [-0.3, -0.25) is 4.90 Å². The maximum absolute atomic E-state index is 13.1. The Balaban J connectivity index is 2.21. The van der Waals surface area contributed by atoms with Crippen molar-refractivity contribution in [2.24, 2.45) is 0 Å². The van der Waals surface area contributed by atoms with Gasteiger partial charge < -0.3 is 4.74 Å². The molecule has 0 saturated carbocycles. The zero-order valence-electron chi connectivity index (χ0n) is 13.2. The SMILES string of the molecule is COC(=O)[C@@H](c1ccc(F)cc1)N1CCC[C@H](NS(C)(=O)=O)C1. The van der Waals surface area contributed by atoms with E-state index in [1.165, 1.54) is 19.2 Å². The van der Waals surface area contributed by atoms with E-state index in [2.05, 4.69) is 4.72 Å². The van der Waals surface area contributed by atoms with Gasteiger partial charge in [0.2, 0.25) is 10.0 Å². The fourth-order valence-electron chi connectivity index (χ4n) is 2.89. The van der Waals surface area contributed by atoms with E-state index in [0.29, 0.717) is 25.1 Å². The number of halogens is 1. The van der Waals surface area contributed by atoms with Gasteiger partial charge in [-0.25, -0.2) is 22.3 Å². The van der Waals surface area contributed by atoms with E-state index in [1.807, 2.05) is 4.90 Å².